The first kappa shape index (κ1) is 5.22. The Labute approximate surface area is 48.4 Å². The molecule has 0 aromatic heterocycles. The lowest BCUT2D eigenvalue weighted by molar-refractivity contribution is 0.974. The van der Waals surface area contributed by atoms with Crippen LogP contribution in [0.25, 0.3) is 0 Å². The van der Waals surface area contributed by atoms with Gasteiger partial charge in [0.25, 0.3) is 0 Å². The lowest BCUT2D eigenvalue weighted by Gasteiger charge is -1.97. The fraction of sp³-hybridized carbons (Fsp3) is 0.333. The smallest absolute Gasteiger partial charge is 0.0624 e. The predicted octanol–water partition coefficient (Wildman–Crippen LogP) is 2.25. The summed E-state index contributed by atoms with van der Waals surface area (Å²) >= 11 is 0. The second-order valence-electron chi connectivity index (χ2n) is 1.72. The Hall–Kier alpha value is -0.920. The van der Waals surface area contributed by atoms with Crippen LogP contribution >= 0.6 is 0 Å². The molecule has 0 radical (unpaired) electrons. The van der Waals surface area contributed by atoms with Gasteiger partial charge in [-0.1, -0.05) is 18.2 Å². The second-order valence-corrected chi connectivity index (χ2v) is 1.72. The molecule has 2 heteroatoms. The molecule has 0 amide bonds. The number of hydrogen-bond donors (Lipinski definition) is 1. The van der Waals surface area contributed by atoms with Gasteiger partial charge in [0.05, 0.1) is 5.70 Å². The predicted molar refractivity (Wildman–Crippen MR) is 31.6 cm³/mol. The quantitative estimate of drug-likeness (QED) is 0.395. The van der Waals surface area contributed by atoms with E-state index in [1.165, 1.54) is 0 Å². The van der Waals surface area contributed by atoms with E-state index < -0.39 is 0 Å². The van der Waals surface area contributed by atoms with E-state index >= 15 is 0 Å². The SMILES string of the molecule is N=NC1=CCC=CC1. The van der Waals surface area contributed by atoms with Crippen molar-refractivity contribution in [3.8, 4) is 0 Å². The van der Waals surface area contributed by atoms with E-state index in [1.807, 2.05) is 12.2 Å². The zero-order valence-electron chi connectivity index (χ0n) is 4.59. The maximum Gasteiger partial charge on any atom is 0.0624 e. The van der Waals surface area contributed by atoms with Gasteiger partial charge in [0.2, 0.25) is 0 Å². The van der Waals surface area contributed by atoms with Crippen LogP contribution in [0.15, 0.2) is 29.0 Å². The Morgan fingerprint density at radius 1 is 1.50 bits per heavy atom. The molecule has 0 saturated heterocycles. The maximum atomic E-state index is 6.62. The topological polar surface area (TPSA) is 36.2 Å². The van der Waals surface area contributed by atoms with Gasteiger partial charge in [-0.2, -0.15) is 5.11 Å². The van der Waals surface area contributed by atoms with E-state index in [4.69, 9.17) is 5.53 Å². The molecule has 42 valence electrons. The normalized spacial score (nSPS) is 17.8. The van der Waals surface area contributed by atoms with E-state index in [2.05, 4.69) is 11.2 Å². The van der Waals surface area contributed by atoms with Crippen molar-refractivity contribution in [1.29, 1.82) is 5.53 Å². The molecule has 8 heavy (non-hydrogen) atoms. The third kappa shape index (κ3) is 1.03. The summed E-state index contributed by atoms with van der Waals surface area (Å²) in [6.07, 6.45) is 7.86. The van der Waals surface area contributed by atoms with Crippen molar-refractivity contribution in [2.24, 2.45) is 5.11 Å². The van der Waals surface area contributed by atoms with Gasteiger partial charge >= 0.3 is 0 Å². The summed E-state index contributed by atoms with van der Waals surface area (Å²) in [4.78, 5) is 0. The van der Waals surface area contributed by atoms with E-state index in [9.17, 15) is 0 Å². The number of nitrogens with one attached hydrogen (secondary N) is 1. The Kier molecular flexibility index (Phi) is 1.57. The highest BCUT2D eigenvalue weighted by Gasteiger charge is 1.92. The fourth-order valence-electron chi connectivity index (χ4n) is 0.679. The van der Waals surface area contributed by atoms with Gasteiger partial charge < -0.3 is 0 Å². The van der Waals surface area contributed by atoms with Crippen molar-refractivity contribution >= 4 is 0 Å². The van der Waals surface area contributed by atoms with Crippen molar-refractivity contribution in [2.45, 2.75) is 12.8 Å². The summed E-state index contributed by atoms with van der Waals surface area (Å²) in [6.45, 7) is 0. The molecule has 2 nitrogen and oxygen atoms in total. The molecule has 1 rings (SSSR count). The molecular formula is C6H8N2. The number of nitrogens with zero attached hydrogens (tertiary/aromatic N) is 1. The minimum Gasteiger partial charge on any atom is -0.205 e. The van der Waals surface area contributed by atoms with Gasteiger partial charge in [-0.15, -0.1) is 0 Å². The van der Waals surface area contributed by atoms with Crippen molar-refractivity contribution in [3.63, 3.8) is 0 Å². The standard InChI is InChI=1S/C6H8N2/c7-8-6-4-2-1-3-5-6/h1-2,5,7H,3-4H2. The lowest BCUT2D eigenvalue weighted by Crippen LogP contribution is -1.79. The fourth-order valence-corrected chi connectivity index (χ4v) is 0.679. The van der Waals surface area contributed by atoms with Crippen LogP contribution in [0.5, 0.6) is 0 Å². The Morgan fingerprint density at radius 3 is 2.75 bits per heavy atom. The molecule has 0 saturated carbocycles. The first-order chi connectivity index (χ1) is 3.93. The second kappa shape index (κ2) is 2.40. The highest BCUT2D eigenvalue weighted by atomic mass is 15.0. The third-order valence-corrected chi connectivity index (χ3v) is 1.13. The van der Waals surface area contributed by atoms with Crippen LogP contribution in [-0.4, -0.2) is 0 Å². The average Bonchev–Trinajstić information content (AvgIpc) is 1.90. The van der Waals surface area contributed by atoms with Crippen molar-refractivity contribution in [3.05, 3.63) is 23.9 Å². The van der Waals surface area contributed by atoms with Crippen molar-refractivity contribution in [1.82, 2.24) is 0 Å². The molecule has 1 aliphatic carbocycles. The van der Waals surface area contributed by atoms with Crippen LogP contribution in [0.4, 0.5) is 0 Å². The highest BCUT2D eigenvalue weighted by molar-refractivity contribution is 5.12. The molecule has 0 unspecified atom stereocenters. The summed E-state index contributed by atoms with van der Waals surface area (Å²) in [5.41, 5.74) is 7.50. The summed E-state index contributed by atoms with van der Waals surface area (Å²) < 4.78 is 0. The minimum atomic E-state index is 0.837. The van der Waals surface area contributed by atoms with E-state index in [0.29, 0.717) is 0 Å². The summed E-state index contributed by atoms with van der Waals surface area (Å²) in [6, 6.07) is 0. The van der Waals surface area contributed by atoms with Crippen LogP contribution < -0.4 is 0 Å². The van der Waals surface area contributed by atoms with Gasteiger partial charge in [-0.3, -0.25) is 0 Å². The summed E-state index contributed by atoms with van der Waals surface area (Å²) in [5.74, 6) is 0. The van der Waals surface area contributed by atoms with Crippen LogP contribution in [0, 0.1) is 5.53 Å². The summed E-state index contributed by atoms with van der Waals surface area (Å²) in [5, 5.41) is 3.31. The molecule has 0 aromatic carbocycles. The molecule has 0 fully saturated rings. The van der Waals surface area contributed by atoms with Crippen molar-refractivity contribution < 1.29 is 0 Å². The molecule has 1 N–H and O–H groups in total. The van der Waals surface area contributed by atoms with Gasteiger partial charge in [0.1, 0.15) is 0 Å². The van der Waals surface area contributed by atoms with Crippen LogP contribution in [0.2, 0.25) is 0 Å². The van der Waals surface area contributed by atoms with Gasteiger partial charge in [-0.25, -0.2) is 5.53 Å². The Bertz CT molecular complexity index is 145. The Morgan fingerprint density at radius 2 is 2.38 bits per heavy atom. The average molecular weight is 108 g/mol. The zero-order chi connectivity index (χ0) is 5.82. The lowest BCUT2D eigenvalue weighted by atomic mass is 10.2. The number of rotatable bonds is 1. The van der Waals surface area contributed by atoms with E-state index in [-0.39, 0.29) is 0 Å². The number of allylic oxidation sites excluding steroid dienone is 3. The monoisotopic (exact) mass is 108 g/mol. The largest absolute Gasteiger partial charge is 0.205 e. The molecular weight excluding hydrogens is 100 g/mol. The van der Waals surface area contributed by atoms with Gasteiger partial charge in [0, 0.05) is 6.42 Å². The van der Waals surface area contributed by atoms with Crippen LogP contribution in [-0.2, 0) is 0 Å². The first-order valence-electron chi connectivity index (χ1n) is 2.65. The minimum absolute atomic E-state index is 0.837. The maximum absolute atomic E-state index is 6.62. The summed E-state index contributed by atoms with van der Waals surface area (Å²) in [7, 11) is 0. The number of hydrogen-bond acceptors (Lipinski definition) is 2. The van der Waals surface area contributed by atoms with E-state index in [0.717, 1.165) is 18.5 Å². The highest BCUT2D eigenvalue weighted by Crippen LogP contribution is 2.10. The molecule has 0 aliphatic heterocycles. The molecule has 0 atom stereocenters. The molecule has 1 aliphatic rings. The van der Waals surface area contributed by atoms with E-state index in [1.54, 1.807) is 0 Å². The van der Waals surface area contributed by atoms with Gasteiger partial charge in [-0.05, 0) is 6.42 Å². The molecule has 0 heterocycles. The van der Waals surface area contributed by atoms with Crippen LogP contribution in [0.3, 0.4) is 0 Å². The Balaban J connectivity index is 2.55. The first-order valence-corrected chi connectivity index (χ1v) is 2.65. The van der Waals surface area contributed by atoms with Crippen molar-refractivity contribution in [2.75, 3.05) is 0 Å². The van der Waals surface area contributed by atoms with Gasteiger partial charge in [0.15, 0.2) is 0 Å². The molecule has 0 aromatic rings. The van der Waals surface area contributed by atoms with Crippen LogP contribution in [0.1, 0.15) is 12.8 Å². The third-order valence-electron chi connectivity index (χ3n) is 1.13. The molecule has 0 bridgehead atoms. The molecule has 0 spiro atoms. The zero-order valence-corrected chi connectivity index (χ0v) is 4.59.